The van der Waals surface area contributed by atoms with Gasteiger partial charge >= 0.3 is 0 Å². The second kappa shape index (κ2) is 8.96. The molecule has 1 N–H and O–H groups in total. The molecular weight excluding hydrogens is 437 g/mol. The molecule has 1 atom stereocenters. The fourth-order valence-corrected chi connectivity index (χ4v) is 4.02. The molecule has 0 bridgehead atoms. The molecule has 0 aliphatic heterocycles. The molecule has 2 aromatic heterocycles. The van der Waals surface area contributed by atoms with Crippen LogP contribution < -0.4 is 5.32 Å². The lowest BCUT2D eigenvalue weighted by Gasteiger charge is -2.13. The van der Waals surface area contributed by atoms with Gasteiger partial charge in [0, 0.05) is 24.0 Å². The molecule has 6 nitrogen and oxygen atoms in total. The van der Waals surface area contributed by atoms with Gasteiger partial charge in [-0.05, 0) is 61.4 Å². The molecule has 3 aromatic rings. The minimum Gasteiger partial charge on any atom is -0.349 e. The van der Waals surface area contributed by atoms with E-state index in [1.807, 2.05) is 12.1 Å². The predicted molar refractivity (Wildman–Crippen MR) is 121 cm³/mol. The summed E-state index contributed by atoms with van der Waals surface area (Å²) in [7, 11) is 0. The molecule has 0 unspecified atom stereocenters. The smallest absolute Gasteiger partial charge is 0.228 e. The number of pyridine rings is 1. The van der Waals surface area contributed by atoms with Gasteiger partial charge in [-0.3, -0.25) is 9.78 Å². The number of halogens is 2. The average Bonchev–Trinajstić information content (AvgIpc) is 3.34. The van der Waals surface area contributed by atoms with Crippen LogP contribution in [0, 0.1) is 11.7 Å². The van der Waals surface area contributed by atoms with E-state index in [4.69, 9.17) is 11.6 Å². The van der Waals surface area contributed by atoms with Crippen LogP contribution in [-0.2, 0) is 24.2 Å². The third-order valence-corrected chi connectivity index (χ3v) is 5.99. The zero-order valence-corrected chi connectivity index (χ0v) is 18.6. The molecule has 2 heterocycles. The summed E-state index contributed by atoms with van der Waals surface area (Å²) in [5, 5.41) is 7.72. The Morgan fingerprint density at radius 1 is 1.26 bits per heavy atom. The minimum atomic E-state index is -0.513. The van der Waals surface area contributed by atoms with Crippen molar-refractivity contribution in [3.8, 4) is 11.4 Å². The summed E-state index contributed by atoms with van der Waals surface area (Å²) in [6.45, 7) is 0.724. The fourth-order valence-electron chi connectivity index (χ4n) is 3.91. The van der Waals surface area contributed by atoms with Crippen LogP contribution in [0.2, 0.25) is 5.02 Å². The highest BCUT2D eigenvalue weighted by molar-refractivity contribution is 7.59. The number of benzene rings is 1. The summed E-state index contributed by atoms with van der Waals surface area (Å²) < 4.78 is 15.7. The van der Waals surface area contributed by atoms with Crippen LogP contribution in [0.4, 0.5) is 4.39 Å². The van der Waals surface area contributed by atoms with Gasteiger partial charge in [0.1, 0.15) is 11.6 Å². The number of hydrogen-bond acceptors (Lipinski definition) is 4. The van der Waals surface area contributed by atoms with Crippen LogP contribution in [0.1, 0.15) is 42.4 Å². The molecule has 162 valence electrons. The molecule has 5 rings (SSSR count). The van der Waals surface area contributed by atoms with Gasteiger partial charge in [0.05, 0.1) is 17.5 Å². The monoisotopic (exact) mass is 459 g/mol. The van der Waals surface area contributed by atoms with E-state index < -0.39 is 5.82 Å². The van der Waals surface area contributed by atoms with E-state index >= 15 is 0 Å². The molecule has 31 heavy (non-hydrogen) atoms. The Hall–Kier alpha value is -2.45. The average molecular weight is 460 g/mol. The molecule has 0 spiro atoms. The highest BCUT2D eigenvalue weighted by atomic mass is 35.5. The quantitative estimate of drug-likeness (QED) is 0.604. The van der Waals surface area contributed by atoms with Gasteiger partial charge in [-0.2, -0.15) is 18.6 Å². The topological polar surface area (TPSA) is 72.7 Å². The van der Waals surface area contributed by atoms with E-state index in [9.17, 15) is 9.18 Å². The molecule has 2 aliphatic rings. The first-order chi connectivity index (χ1) is 14.6. The van der Waals surface area contributed by atoms with Crippen molar-refractivity contribution in [1.29, 1.82) is 0 Å². The molecule has 0 radical (unpaired) electrons. The number of rotatable bonds is 6. The molecule has 2 aliphatic carbocycles. The van der Waals surface area contributed by atoms with Gasteiger partial charge in [0.25, 0.3) is 0 Å². The summed E-state index contributed by atoms with van der Waals surface area (Å²) >= 11 is 5.79. The molecule has 1 saturated carbocycles. The Labute approximate surface area is 191 Å². The van der Waals surface area contributed by atoms with Crippen LogP contribution in [0.25, 0.3) is 11.4 Å². The number of nitrogens with zero attached hydrogens (tertiary/aromatic N) is 4. The first-order valence-corrected chi connectivity index (χ1v) is 10.6. The Morgan fingerprint density at radius 2 is 2.10 bits per heavy atom. The van der Waals surface area contributed by atoms with Crippen molar-refractivity contribution in [2.75, 3.05) is 0 Å². The Balaban J connectivity index is 0.00000231. The third-order valence-electron chi connectivity index (χ3n) is 5.68. The van der Waals surface area contributed by atoms with Gasteiger partial charge in [-0.15, -0.1) is 0 Å². The van der Waals surface area contributed by atoms with Crippen molar-refractivity contribution in [1.82, 2.24) is 25.1 Å². The lowest BCUT2D eigenvalue weighted by Crippen LogP contribution is -2.29. The van der Waals surface area contributed by atoms with E-state index in [0.29, 0.717) is 23.1 Å². The van der Waals surface area contributed by atoms with E-state index in [1.165, 1.54) is 12.1 Å². The number of carbonyl (C=O) groups is 1. The third kappa shape index (κ3) is 4.75. The van der Waals surface area contributed by atoms with Crippen LogP contribution in [0.5, 0.6) is 0 Å². The maximum absolute atomic E-state index is 13.9. The van der Waals surface area contributed by atoms with Crippen LogP contribution in [0.3, 0.4) is 0 Å². The molecule has 1 fully saturated rings. The van der Waals surface area contributed by atoms with Gasteiger partial charge in [-0.25, -0.2) is 14.1 Å². The number of hydrogen-bond donors (Lipinski definition) is 1. The largest absolute Gasteiger partial charge is 0.349 e. The van der Waals surface area contributed by atoms with Crippen molar-refractivity contribution in [3.63, 3.8) is 0 Å². The van der Waals surface area contributed by atoms with E-state index in [-0.39, 0.29) is 36.9 Å². The first-order valence-electron chi connectivity index (χ1n) is 10.2. The minimum absolute atomic E-state index is 0. The number of aromatic nitrogens is 4. The lowest BCUT2D eigenvalue weighted by atomic mass is 10.1. The molecule has 1 amide bonds. The SMILES string of the molecule is O=C(Cc1nc(-c2ccc(Cl)c(F)c2)nn1CC1CC1)N[C@H]1CCc2ncccc21.S. The summed E-state index contributed by atoms with van der Waals surface area (Å²) in [4.78, 5) is 21.7. The Morgan fingerprint density at radius 3 is 2.87 bits per heavy atom. The van der Waals surface area contributed by atoms with Crippen LogP contribution in [0.15, 0.2) is 36.5 Å². The van der Waals surface area contributed by atoms with Crippen molar-refractivity contribution in [2.24, 2.45) is 5.92 Å². The molecule has 1 aromatic carbocycles. The maximum Gasteiger partial charge on any atom is 0.228 e. The van der Waals surface area contributed by atoms with Gasteiger partial charge < -0.3 is 5.32 Å². The van der Waals surface area contributed by atoms with Crippen LogP contribution >= 0.6 is 25.1 Å². The highest BCUT2D eigenvalue weighted by Gasteiger charge is 2.27. The zero-order valence-electron chi connectivity index (χ0n) is 16.8. The Kier molecular flexibility index (Phi) is 6.29. The van der Waals surface area contributed by atoms with E-state index in [0.717, 1.165) is 43.5 Å². The van der Waals surface area contributed by atoms with Gasteiger partial charge in [0.2, 0.25) is 5.91 Å². The van der Waals surface area contributed by atoms with Crippen molar-refractivity contribution in [2.45, 2.75) is 44.7 Å². The zero-order chi connectivity index (χ0) is 20.7. The van der Waals surface area contributed by atoms with Crippen molar-refractivity contribution in [3.05, 3.63) is 64.5 Å². The van der Waals surface area contributed by atoms with Gasteiger partial charge in [0.15, 0.2) is 5.82 Å². The van der Waals surface area contributed by atoms with Crippen LogP contribution in [-0.4, -0.2) is 25.7 Å². The molecule has 9 heteroatoms. The second-order valence-electron chi connectivity index (χ2n) is 7.98. The summed E-state index contributed by atoms with van der Waals surface area (Å²) in [5.74, 6) is 0.949. The fraction of sp³-hybridized carbons (Fsp3) is 0.364. The van der Waals surface area contributed by atoms with Crippen molar-refractivity contribution < 1.29 is 9.18 Å². The highest BCUT2D eigenvalue weighted by Crippen LogP contribution is 2.32. The van der Waals surface area contributed by atoms with Crippen molar-refractivity contribution >= 4 is 31.0 Å². The Bertz CT molecular complexity index is 1120. The lowest BCUT2D eigenvalue weighted by molar-refractivity contribution is -0.121. The number of nitrogens with one attached hydrogen (secondary N) is 1. The number of carbonyl (C=O) groups excluding carboxylic acids is 1. The predicted octanol–water partition coefficient (Wildman–Crippen LogP) is 4.00. The number of amides is 1. The summed E-state index contributed by atoms with van der Waals surface area (Å²) in [5.41, 5.74) is 2.68. The number of fused-ring (bicyclic) bond motifs is 1. The summed E-state index contributed by atoms with van der Waals surface area (Å²) in [6, 6.07) is 8.40. The van der Waals surface area contributed by atoms with E-state index in [2.05, 4.69) is 20.4 Å². The maximum atomic E-state index is 13.9. The first kappa shape index (κ1) is 21.8. The number of aryl methyl sites for hydroxylation is 1. The molecular formula is C22H23ClFN5OS. The van der Waals surface area contributed by atoms with E-state index in [1.54, 1.807) is 16.9 Å². The standard InChI is InChI=1S/C22H21ClFN5O.H2S/c23-16-6-5-14(10-17(16)24)22-27-20(29(28-22)12-13-3-4-13)11-21(30)26-19-8-7-18-15(19)2-1-9-25-18;/h1-2,5-6,9-10,13,19H,3-4,7-8,11-12H2,(H,26,30);1H2/t19-;/m0./s1. The normalized spacial score (nSPS) is 17.2. The second-order valence-corrected chi connectivity index (χ2v) is 8.39. The van der Waals surface area contributed by atoms with Gasteiger partial charge in [-0.1, -0.05) is 17.7 Å². The molecule has 0 saturated heterocycles. The summed E-state index contributed by atoms with van der Waals surface area (Å²) in [6.07, 6.45) is 5.93.